The summed E-state index contributed by atoms with van der Waals surface area (Å²) in [5, 5.41) is 34.8. The van der Waals surface area contributed by atoms with Gasteiger partial charge in [-0.1, -0.05) is 12.8 Å². The zero-order valence-corrected chi connectivity index (χ0v) is 25.4. The molecule has 0 bridgehead atoms. The molecular weight excluding hydrogens is 535 g/mol. The van der Waals surface area contributed by atoms with Gasteiger partial charge in [0.05, 0.1) is 0 Å². The predicted molar refractivity (Wildman–Crippen MR) is 162 cm³/mol. The molecule has 225 valence electrons. The first-order chi connectivity index (χ1) is 19.7. The topological polar surface area (TPSA) is 140 Å². The SMILES string of the molecule is [B]=C1C(C(N)=O)=C(O)[C@@H](N(C)C)[C@@H]2C[C@@H]3Cc4c(c(O)cc(CN(C)C5CCCC5)c4N(C)C)C(=O)C3=C(OC)[C@]12O. The fourth-order valence-corrected chi connectivity index (χ4v) is 8.13. The Hall–Kier alpha value is -3.15. The van der Waals surface area contributed by atoms with Crippen molar-refractivity contribution in [1.82, 2.24) is 9.80 Å². The van der Waals surface area contributed by atoms with E-state index in [0.717, 1.165) is 29.7 Å². The van der Waals surface area contributed by atoms with Gasteiger partial charge in [0, 0.05) is 0 Å². The molecule has 0 heterocycles. The molecule has 4 aliphatic rings. The summed E-state index contributed by atoms with van der Waals surface area (Å²) in [6.07, 6.45) is 5.40. The third-order valence-corrected chi connectivity index (χ3v) is 9.87. The van der Waals surface area contributed by atoms with Gasteiger partial charge in [-0.2, -0.15) is 0 Å². The van der Waals surface area contributed by atoms with E-state index in [-0.39, 0.29) is 45.9 Å². The third-order valence-electron chi connectivity index (χ3n) is 9.87. The molecule has 0 aromatic heterocycles. The number of anilines is 1. The van der Waals surface area contributed by atoms with E-state index < -0.39 is 35.2 Å². The molecule has 4 aliphatic carbocycles. The number of aliphatic hydroxyl groups is 2. The second kappa shape index (κ2) is 10.8. The van der Waals surface area contributed by atoms with Gasteiger partial charge in [0.15, 0.2) is 0 Å². The number of nitrogens with zero attached hydrogens (tertiary/aromatic N) is 3. The summed E-state index contributed by atoms with van der Waals surface area (Å²) in [5.74, 6) is -3.10. The van der Waals surface area contributed by atoms with Crippen LogP contribution < -0.4 is 10.6 Å². The van der Waals surface area contributed by atoms with E-state index in [9.17, 15) is 24.9 Å². The zero-order chi connectivity index (χ0) is 30.8. The summed E-state index contributed by atoms with van der Waals surface area (Å²) in [6, 6.07) is 1.35. The summed E-state index contributed by atoms with van der Waals surface area (Å²) in [5.41, 5.74) is 5.79. The Morgan fingerprint density at radius 2 is 1.81 bits per heavy atom. The second-order valence-corrected chi connectivity index (χ2v) is 12.7. The molecule has 1 amide bonds. The number of phenols is 1. The molecule has 1 radical (unpaired) electrons. The van der Waals surface area contributed by atoms with Gasteiger partial charge in [0.2, 0.25) is 0 Å². The summed E-state index contributed by atoms with van der Waals surface area (Å²) in [4.78, 5) is 32.8. The molecule has 1 saturated carbocycles. The average molecular weight is 578 g/mol. The second-order valence-electron chi connectivity index (χ2n) is 12.7. The quantitative estimate of drug-likeness (QED) is 0.355. The number of phenolic OH excluding ortho intramolecular Hbond substituents is 1. The molecule has 1 aromatic carbocycles. The van der Waals surface area contributed by atoms with Gasteiger partial charge < -0.3 is 0 Å². The van der Waals surface area contributed by atoms with E-state index >= 15 is 0 Å². The van der Waals surface area contributed by atoms with Gasteiger partial charge in [-0.25, -0.2) is 0 Å². The van der Waals surface area contributed by atoms with Crippen LogP contribution in [-0.4, -0.2) is 110 Å². The molecule has 42 heavy (non-hydrogen) atoms. The molecular formula is C31H42BN4O6. The van der Waals surface area contributed by atoms with Gasteiger partial charge in [-0.3, -0.25) is 0 Å². The van der Waals surface area contributed by atoms with Gasteiger partial charge in [-0.15, -0.1) is 0 Å². The van der Waals surface area contributed by atoms with Gasteiger partial charge in [0.25, 0.3) is 0 Å². The maximum absolute atomic E-state index is 14.3. The number of aliphatic hydroxyl groups excluding tert-OH is 1. The number of allylic oxidation sites excluding steroid dienone is 1. The Kier molecular flexibility index (Phi) is 7.83. The first-order valence-corrected chi connectivity index (χ1v) is 14.6. The number of likely N-dealkylation sites (N-methyl/N-ethyl adjacent to an activating group) is 1. The van der Waals surface area contributed by atoms with Gasteiger partial charge in [-0.05, 0) is 12.8 Å². The third kappa shape index (κ3) is 4.39. The van der Waals surface area contributed by atoms with Crippen LogP contribution in [0.15, 0.2) is 28.7 Å². The molecule has 0 aliphatic heterocycles. The Morgan fingerprint density at radius 3 is 2.36 bits per heavy atom. The number of hydrogen-bond donors (Lipinski definition) is 4. The minimum atomic E-state index is -2.08. The number of ketones is 1. The number of methoxy groups -OCH3 is 1. The Balaban J connectivity index is 1.68. The van der Waals surface area contributed by atoms with Crippen molar-refractivity contribution in [1.29, 1.82) is 0 Å². The van der Waals surface area contributed by atoms with Crippen molar-refractivity contribution in [3.63, 3.8) is 0 Å². The summed E-state index contributed by atoms with van der Waals surface area (Å²) in [7, 11) is 17.2. The summed E-state index contributed by atoms with van der Waals surface area (Å²) >= 11 is 0. The van der Waals surface area contributed by atoms with Crippen LogP contribution in [-0.2, 0) is 22.5 Å². The Labute approximate surface area is 248 Å². The molecule has 5 N–H and O–H groups in total. The summed E-state index contributed by atoms with van der Waals surface area (Å²) in [6.45, 7) is 0.634. The van der Waals surface area contributed by atoms with E-state index in [1.165, 1.54) is 20.0 Å². The molecule has 4 atom stereocenters. The van der Waals surface area contributed by atoms with E-state index in [2.05, 4.69) is 11.9 Å². The van der Waals surface area contributed by atoms with Crippen molar-refractivity contribution in [3.05, 3.63) is 45.4 Å². The number of fused-ring (bicyclic) bond motifs is 3. The number of aromatic hydroxyl groups is 1. The normalized spacial score (nSPS) is 27.9. The number of carbonyl (C=O) groups is 2. The fourth-order valence-electron chi connectivity index (χ4n) is 8.13. The van der Waals surface area contributed by atoms with Crippen LogP contribution >= 0.6 is 0 Å². The monoisotopic (exact) mass is 577 g/mol. The molecule has 0 spiro atoms. The molecule has 0 unspecified atom stereocenters. The molecule has 1 fully saturated rings. The van der Waals surface area contributed by atoms with Crippen LogP contribution in [0, 0.1) is 11.8 Å². The van der Waals surface area contributed by atoms with Crippen molar-refractivity contribution >= 4 is 30.3 Å². The van der Waals surface area contributed by atoms with Crippen molar-refractivity contribution in [2.75, 3.05) is 47.2 Å². The Morgan fingerprint density at radius 1 is 1.17 bits per heavy atom. The van der Waals surface area contributed by atoms with Gasteiger partial charge in [0.1, 0.15) is 0 Å². The molecule has 5 rings (SSSR count). The van der Waals surface area contributed by atoms with Crippen LogP contribution in [0.4, 0.5) is 5.69 Å². The number of ether oxygens (including phenoxy) is 1. The van der Waals surface area contributed by atoms with E-state index in [0.29, 0.717) is 19.0 Å². The van der Waals surface area contributed by atoms with Crippen LogP contribution in [0.2, 0.25) is 0 Å². The standard InChI is InChI=1S/C31H42BN4O6/c1-34(2)24-16(14-36(5)17-9-7-8-10-17)13-20(37)22-18(24)11-15-12-19-25(35(3)4)27(39)23(30(33)40)28(32)31(19,41)29(42-6)21(15)26(22)38/h13,15,17,19,25,37,39,41H,7-12,14H2,1-6H3,(H2,33,40)/t15-,19-,25-,31+/m0/s1. The number of primary amides is 1. The number of nitrogens with two attached hydrogens (primary N) is 1. The fraction of sp³-hybridized carbons (Fsp3) is 0.581. The molecule has 10 nitrogen and oxygen atoms in total. The number of carbonyl (C=O) groups excluding carboxylic acids is 2. The average Bonchev–Trinajstić information content (AvgIpc) is 3.43. The first kappa shape index (κ1) is 30.3. The van der Waals surface area contributed by atoms with Crippen molar-refractivity contribution < 1.29 is 29.6 Å². The van der Waals surface area contributed by atoms with E-state index in [4.69, 9.17) is 18.0 Å². The number of amides is 1. The Bertz CT molecular complexity index is 1410. The molecule has 0 saturated heterocycles. The van der Waals surface area contributed by atoms with Crippen molar-refractivity contribution in [2.24, 2.45) is 17.6 Å². The number of hydrogen-bond acceptors (Lipinski definition) is 9. The van der Waals surface area contributed by atoms with Crippen molar-refractivity contribution in [3.8, 4) is 5.75 Å². The van der Waals surface area contributed by atoms with E-state index in [1.54, 1.807) is 25.1 Å². The number of rotatable bonds is 7. The zero-order valence-electron chi connectivity index (χ0n) is 25.4. The molecule has 1 aromatic rings. The maximum atomic E-state index is 14.3. The number of Topliss-reactive ketones (excluding diaryl/α,β-unsaturated/α-hetero) is 1. The van der Waals surface area contributed by atoms with Gasteiger partial charge >= 0.3 is 223 Å². The van der Waals surface area contributed by atoms with Crippen LogP contribution in [0.3, 0.4) is 0 Å². The number of benzene rings is 1. The van der Waals surface area contributed by atoms with Crippen LogP contribution in [0.25, 0.3) is 0 Å². The van der Waals surface area contributed by atoms with E-state index in [1.807, 2.05) is 19.0 Å². The first-order valence-electron chi connectivity index (χ1n) is 14.6. The van der Waals surface area contributed by atoms with Crippen LogP contribution in [0.1, 0.15) is 53.6 Å². The predicted octanol–water partition coefficient (Wildman–Crippen LogP) is 1.42. The van der Waals surface area contributed by atoms with Crippen LogP contribution in [0.5, 0.6) is 5.75 Å². The molecule has 11 heteroatoms. The summed E-state index contributed by atoms with van der Waals surface area (Å²) < 4.78 is 5.77. The van der Waals surface area contributed by atoms with Crippen molar-refractivity contribution in [2.45, 2.75) is 62.8 Å². The minimum absolute atomic E-state index is 0.0779.